The molecule has 0 saturated carbocycles. The zero-order valence-electron chi connectivity index (χ0n) is 16.2. The molecular formula is C20H27ClN4OS. The average Bonchev–Trinajstić information content (AvgIpc) is 2.66. The Morgan fingerprint density at radius 1 is 1.19 bits per heavy atom. The van der Waals surface area contributed by atoms with E-state index in [1.807, 2.05) is 43.3 Å². The predicted molar refractivity (Wildman–Crippen MR) is 114 cm³/mol. The van der Waals surface area contributed by atoms with Crippen molar-refractivity contribution >= 4 is 35.1 Å². The zero-order chi connectivity index (χ0) is 19.6. The Hall–Kier alpha value is -1.79. The molecule has 0 aliphatic rings. The van der Waals surface area contributed by atoms with Crippen LogP contribution in [0.25, 0.3) is 0 Å². The van der Waals surface area contributed by atoms with E-state index in [0.29, 0.717) is 21.6 Å². The summed E-state index contributed by atoms with van der Waals surface area (Å²) in [5.41, 5.74) is 1.73. The molecule has 1 N–H and O–H groups in total. The number of hydrogen-bond acceptors (Lipinski definition) is 5. The van der Waals surface area contributed by atoms with Gasteiger partial charge in [0.2, 0.25) is 0 Å². The van der Waals surface area contributed by atoms with Crippen LogP contribution in [0.4, 0.5) is 5.82 Å². The number of amides is 1. The van der Waals surface area contributed by atoms with E-state index < -0.39 is 0 Å². The van der Waals surface area contributed by atoms with Gasteiger partial charge in [0, 0.05) is 38.0 Å². The molecule has 2 aromatic rings. The number of halogens is 1. The van der Waals surface area contributed by atoms with E-state index in [0.717, 1.165) is 30.8 Å². The molecule has 0 aliphatic heterocycles. The Balaban J connectivity index is 1.93. The van der Waals surface area contributed by atoms with Crippen molar-refractivity contribution in [1.82, 2.24) is 15.3 Å². The second kappa shape index (κ2) is 11.1. The number of hydrogen-bond donors (Lipinski definition) is 1. The minimum atomic E-state index is -0.0211. The standard InChI is InChI=1S/C20H27ClN4OS/c1-4-5-6-7-11-22-19(26)16-10-8-9-15(12-16)14-27-20-23-17(21)13-18(24-20)25(2)3/h8-10,12-13H,4-7,11,14H2,1-3H3,(H,22,26). The van der Waals surface area contributed by atoms with Crippen LogP contribution in [0, 0.1) is 0 Å². The molecule has 1 amide bonds. The lowest BCUT2D eigenvalue weighted by molar-refractivity contribution is 0.0953. The average molecular weight is 407 g/mol. The Morgan fingerprint density at radius 3 is 2.74 bits per heavy atom. The fourth-order valence-electron chi connectivity index (χ4n) is 2.49. The van der Waals surface area contributed by atoms with Crippen molar-refractivity contribution in [3.8, 4) is 0 Å². The van der Waals surface area contributed by atoms with Crippen molar-refractivity contribution in [2.45, 2.75) is 43.5 Å². The Kier molecular flexibility index (Phi) is 8.88. The van der Waals surface area contributed by atoms with Gasteiger partial charge in [-0.1, -0.05) is 61.7 Å². The summed E-state index contributed by atoms with van der Waals surface area (Å²) in [6.07, 6.45) is 4.58. The van der Waals surface area contributed by atoms with Crippen LogP contribution in [-0.4, -0.2) is 36.5 Å². The fourth-order valence-corrected chi connectivity index (χ4v) is 3.51. The van der Waals surface area contributed by atoms with Crippen molar-refractivity contribution < 1.29 is 4.79 Å². The number of carbonyl (C=O) groups is 1. The highest BCUT2D eigenvalue weighted by atomic mass is 35.5. The first-order valence-electron chi connectivity index (χ1n) is 9.21. The van der Waals surface area contributed by atoms with Crippen molar-refractivity contribution in [1.29, 1.82) is 0 Å². The third-order valence-electron chi connectivity index (χ3n) is 3.99. The summed E-state index contributed by atoms with van der Waals surface area (Å²) in [7, 11) is 3.83. The molecule has 0 atom stereocenters. The van der Waals surface area contributed by atoms with Crippen LogP contribution in [0.15, 0.2) is 35.5 Å². The fraction of sp³-hybridized carbons (Fsp3) is 0.450. The minimum absolute atomic E-state index is 0.0211. The molecule has 5 nitrogen and oxygen atoms in total. The molecule has 1 heterocycles. The molecule has 1 aromatic carbocycles. The number of unbranched alkanes of at least 4 members (excludes halogenated alkanes) is 3. The number of nitrogens with zero attached hydrogens (tertiary/aromatic N) is 3. The molecule has 0 fully saturated rings. The minimum Gasteiger partial charge on any atom is -0.363 e. The first-order chi connectivity index (χ1) is 13.0. The Bertz CT molecular complexity index is 755. The van der Waals surface area contributed by atoms with E-state index in [1.165, 1.54) is 24.6 Å². The molecule has 27 heavy (non-hydrogen) atoms. The van der Waals surface area contributed by atoms with E-state index in [1.54, 1.807) is 6.07 Å². The topological polar surface area (TPSA) is 58.1 Å². The van der Waals surface area contributed by atoms with Gasteiger partial charge in [0.25, 0.3) is 5.91 Å². The lowest BCUT2D eigenvalue weighted by Gasteiger charge is -2.12. The smallest absolute Gasteiger partial charge is 0.251 e. The lowest BCUT2D eigenvalue weighted by Crippen LogP contribution is -2.24. The van der Waals surface area contributed by atoms with Gasteiger partial charge in [-0.3, -0.25) is 4.79 Å². The SMILES string of the molecule is CCCCCCNC(=O)c1cccc(CSc2nc(Cl)cc(N(C)C)n2)c1. The summed E-state index contributed by atoms with van der Waals surface area (Å²) in [5, 5.41) is 4.04. The molecule has 0 radical (unpaired) electrons. The van der Waals surface area contributed by atoms with E-state index in [4.69, 9.17) is 11.6 Å². The molecule has 7 heteroatoms. The van der Waals surface area contributed by atoms with Crippen LogP contribution < -0.4 is 10.2 Å². The molecule has 2 rings (SSSR count). The summed E-state index contributed by atoms with van der Waals surface area (Å²) in [5.74, 6) is 1.42. The van der Waals surface area contributed by atoms with Gasteiger partial charge in [0.05, 0.1) is 0 Å². The van der Waals surface area contributed by atoms with Gasteiger partial charge in [0.15, 0.2) is 5.16 Å². The normalized spacial score (nSPS) is 10.7. The number of aromatic nitrogens is 2. The summed E-state index contributed by atoms with van der Waals surface area (Å²) in [4.78, 5) is 22.9. The zero-order valence-corrected chi connectivity index (χ0v) is 17.7. The summed E-state index contributed by atoms with van der Waals surface area (Å²) in [6, 6.07) is 9.41. The second-order valence-corrected chi connectivity index (χ2v) is 7.86. The van der Waals surface area contributed by atoms with Crippen LogP contribution >= 0.6 is 23.4 Å². The van der Waals surface area contributed by atoms with Gasteiger partial charge in [-0.15, -0.1) is 0 Å². The van der Waals surface area contributed by atoms with Crippen LogP contribution in [0.1, 0.15) is 48.5 Å². The summed E-state index contributed by atoms with van der Waals surface area (Å²) < 4.78 is 0. The third kappa shape index (κ3) is 7.39. The highest BCUT2D eigenvalue weighted by Gasteiger charge is 2.09. The molecule has 0 unspecified atom stereocenters. The van der Waals surface area contributed by atoms with Crippen molar-refractivity contribution in [2.75, 3.05) is 25.5 Å². The van der Waals surface area contributed by atoms with E-state index in [2.05, 4.69) is 22.2 Å². The maximum Gasteiger partial charge on any atom is 0.251 e. The summed E-state index contributed by atoms with van der Waals surface area (Å²) in [6.45, 7) is 2.90. The molecular weight excluding hydrogens is 380 g/mol. The lowest BCUT2D eigenvalue weighted by atomic mass is 10.1. The van der Waals surface area contributed by atoms with Gasteiger partial charge in [0.1, 0.15) is 11.0 Å². The molecule has 0 bridgehead atoms. The summed E-state index contributed by atoms with van der Waals surface area (Å²) >= 11 is 7.58. The van der Waals surface area contributed by atoms with Gasteiger partial charge in [-0.05, 0) is 24.1 Å². The van der Waals surface area contributed by atoms with Crippen molar-refractivity contribution in [3.05, 3.63) is 46.6 Å². The predicted octanol–water partition coefficient (Wildman–Crippen LogP) is 4.80. The van der Waals surface area contributed by atoms with E-state index in [9.17, 15) is 4.79 Å². The number of anilines is 1. The van der Waals surface area contributed by atoms with E-state index in [-0.39, 0.29) is 5.91 Å². The number of benzene rings is 1. The van der Waals surface area contributed by atoms with Gasteiger partial charge in [-0.2, -0.15) is 0 Å². The first kappa shape index (κ1) is 21.5. The molecule has 0 aliphatic carbocycles. The maximum atomic E-state index is 12.3. The second-order valence-electron chi connectivity index (χ2n) is 6.53. The van der Waals surface area contributed by atoms with Gasteiger partial charge < -0.3 is 10.2 Å². The number of nitrogens with one attached hydrogen (secondary N) is 1. The largest absolute Gasteiger partial charge is 0.363 e. The Labute approximate surface area is 170 Å². The van der Waals surface area contributed by atoms with Crippen LogP contribution in [-0.2, 0) is 5.75 Å². The van der Waals surface area contributed by atoms with E-state index >= 15 is 0 Å². The Morgan fingerprint density at radius 2 is 2.00 bits per heavy atom. The van der Waals surface area contributed by atoms with Crippen molar-refractivity contribution in [2.24, 2.45) is 0 Å². The highest BCUT2D eigenvalue weighted by Crippen LogP contribution is 2.24. The third-order valence-corrected chi connectivity index (χ3v) is 5.10. The maximum absolute atomic E-state index is 12.3. The monoisotopic (exact) mass is 406 g/mol. The van der Waals surface area contributed by atoms with Gasteiger partial charge >= 0.3 is 0 Å². The van der Waals surface area contributed by atoms with Crippen LogP contribution in [0.5, 0.6) is 0 Å². The van der Waals surface area contributed by atoms with Crippen molar-refractivity contribution in [3.63, 3.8) is 0 Å². The van der Waals surface area contributed by atoms with Crippen LogP contribution in [0.2, 0.25) is 5.15 Å². The quantitative estimate of drug-likeness (QED) is 0.266. The highest BCUT2D eigenvalue weighted by molar-refractivity contribution is 7.98. The van der Waals surface area contributed by atoms with Crippen LogP contribution in [0.3, 0.4) is 0 Å². The number of carbonyl (C=O) groups excluding carboxylic acids is 1. The molecule has 146 valence electrons. The molecule has 0 saturated heterocycles. The molecule has 1 aromatic heterocycles. The molecule has 0 spiro atoms. The van der Waals surface area contributed by atoms with Gasteiger partial charge in [-0.25, -0.2) is 9.97 Å². The number of rotatable bonds is 10. The number of thioether (sulfide) groups is 1. The first-order valence-corrected chi connectivity index (χ1v) is 10.6.